The van der Waals surface area contributed by atoms with Gasteiger partial charge >= 0.3 is 0 Å². The van der Waals surface area contributed by atoms with Gasteiger partial charge in [0.25, 0.3) is 0 Å². The van der Waals surface area contributed by atoms with Gasteiger partial charge in [-0.05, 0) is 43.5 Å². The number of rotatable bonds is 5. The molecule has 4 nitrogen and oxygen atoms in total. The fourth-order valence-corrected chi connectivity index (χ4v) is 4.59. The van der Waals surface area contributed by atoms with Gasteiger partial charge in [-0.2, -0.15) is 0 Å². The Kier molecular flexibility index (Phi) is 4.71. The Hall–Kier alpha value is -1.94. The molecule has 4 rings (SSSR count). The monoisotopic (exact) mass is 337 g/mol. The van der Waals surface area contributed by atoms with Crippen LogP contribution >= 0.6 is 0 Å². The smallest absolute Gasteiger partial charge is 0.223 e. The summed E-state index contributed by atoms with van der Waals surface area (Å²) in [4.78, 5) is 21.4. The zero-order valence-corrected chi connectivity index (χ0v) is 15.0. The number of benzene rings is 1. The van der Waals surface area contributed by atoms with E-state index in [1.165, 1.54) is 36.6 Å². The summed E-state index contributed by atoms with van der Waals surface area (Å²) >= 11 is 0. The van der Waals surface area contributed by atoms with E-state index in [0.717, 1.165) is 31.6 Å². The summed E-state index contributed by atoms with van der Waals surface area (Å²) < 4.78 is 0. The van der Waals surface area contributed by atoms with Crippen molar-refractivity contribution in [2.24, 2.45) is 5.92 Å². The quantitative estimate of drug-likeness (QED) is 0.838. The second-order valence-electron chi connectivity index (χ2n) is 7.74. The summed E-state index contributed by atoms with van der Waals surface area (Å²) in [6.45, 7) is 2.83. The molecular weight excluding hydrogens is 310 g/mol. The largest absolute Gasteiger partial charge is 0.339 e. The van der Waals surface area contributed by atoms with Crippen molar-refractivity contribution in [1.29, 1.82) is 0 Å². The Balaban J connectivity index is 1.39. The number of hydrogen-bond donors (Lipinski definition) is 0. The Bertz CT molecular complexity index is 748. The van der Waals surface area contributed by atoms with E-state index in [2.05, 4.69) is 46.1 Å². The minimum atomic E-state index is 0.375. The van der Waals surface area contributed by atoms with Crippen LogP contribution in [0, 0.1) is 5.92 Å². The van der Waals surface area contributed by atoms with Crippen molar-refractivity contribution in [3.63, 3.8) is 0 Å². The molecule has 2 aromatic rings. The predicted molar refractivity (Wildman–Crippen MR) is 100 cm³/mol. The second kappa shape index (κ2) is 7.12. The Morgan fingerprint density at radius 1 is 1.20 bits per heavy atom. The summed E-state index contributed by atoms with van der Waals surface area (Å²) in [7, 11) is 2.16. The SMILES string of the molecule is CN(Cc1ccnc2ccccc12)C[C@@H]1CC(=O)N(C2CCCC2)C1. The normalized spacial score (nSPS) is 21.8. The van der Waals surface area contributed by atoms with E-state index < -0.39 is 0 Å². The minimum absolute atomic E-state index is 0.375. The third-order valence-corrected chi connectivity index (χ3v) is 5.75. The number of carbonyl (C=O) groups excluding carboxylic acids is 1. The van der Waals surface area contributed by atoms with Crippen LogP contribution in [0.25, 0.3) is 10.9 Å². The van der Waals surface area contributed by atoms with Gasteiger partial charge in [-0.15, -0.1) is 0 Å². The molecule has 2 heterocycles. The van der Waals surface area contributed by atoms with Crippen molar-refractivity contribution in [3.8, 4) is 0 Å². The van der Waals surface area contributed by atoms with Gasteiger partial charge in [-0.25, -0.2) is 0 Å². The number of nitrogens with zero attached hydrogens (tertiary/aromatic N) is 3. The van der Waals surface area contributed by atoms with Gasteiger partial charge in [0.05, 0.1) is 5.52 Å². The highest BCUT2D eigenvalue weighted by Gasteiger charge is 2.35. The molecule has 0 radical (unpaired) electrons. The zero-order chi connectivity index (χ0) is 17.2. The standard InChI is InChI=1S/C21H27N3O/c1-23(15-17-10-11-22-20-9-5-4-8-19(17)20)13-16-12-21(25)24(14-16)18-6-2-3-7-18/h4-5,8-11,16,18H,2-3,6-7,12-15H2,1H3/t16-/m0/s1. The van der Waals surface area contributed by atoms with Gasteiger partial charge < -0.3 is 9.80 Å². The van der Waals surface area contributed by atoms with E-state index >= 15 is 0 Å². The molecule has 0 bridgehead atoms. The molecule has 1 aromatic heterocycles. The summed E-state index contributed by atoms with van der Waals surface area (Å²) in [5.41, 5.74) is 2.36. The number of carbonyl (C=O) groups is 1. The molecular formula is C21H27N3O. The first-order chi connectivity index (χ1) is 12.2. The lowest BCUT2D eigenvalue weighted by Gasteiger charge is -2.25. The molecule has 1 saturated carbocycles. The number of likely N-dealkylation sites (tertiary alicyclic amines) is 1. The van der Waals surface area contributed by atoms with Crippen LogP contribution in [0.5, 0.6) is 0 Å². The molecule has 0 spiro atoms. The van der Waals surface area contributed by atoms with Crippen LogP contribution in [0.15, 0.2) is 36.5 Å². The van der Waals surface area contributed by atoms with Crippen LogP contribution in [-0.2, 0) is 11.3 Å². The first-order valence-electron chi connectivity index (χ1n) is 9.51. The Labute approximate surface area is 149 Å². The van der Waals surface area contributed by atoms with Crippen molar-refractivity contribution < 1.29 is 4.79 Å². The van der Waals surface area contributed by atoms with Crippen molar-refractivity contribution in [2.75, 3.05) is 20.1 Å². The number of para-hydroxylation sites is 1. The van der Waals surface area contributed by atoms with Crippen molar-refractivity contribution in [1.82, 2.24) is 14.8 Å². The lowest BCUT2D eigenvalue weighted by atomic mass is 10.1. The maximum Gasteiger partial charge on any atom is 0.223 e. The van der Waals surface area contributed by atoms with Gasteiger partial charge in [0.2, 0.25) is 5.91 Å². The van der Waals surface area contributed by atoms with Gasteiger partial charge in [0.15, 0.2) is 0 Å². The highest BCUT2D eigenvalue weighted by atomic mass is 16.2. The van der Waals surface area contributed by atoms with Crippen LogP contribution in [-0.4, -0.2) is 46.9 Å². The molecule has 1 amide bonds. The van der Waals surface area contributed by atoms with Crippen molar-refractivity contribution >= 4 is 16.8 Å². The molecule has 4 heteroatoms. The van der Waals surface area contributed by atoms with E-state index in [9.17, 15) is 4.79 Å². The van der Waals surface area contributed by atoms with Crippen LogP contribution < -0.4 is 0 Å². The predicted octanol–water partition coefficient (Wildman–Crippen LogP) is 3.46. The number of pyridine rings is 1. The lowest BCUT2D eigenvalue weighted by Crippen LogP contribution is -2.35. The minimum Gasteiger partial charge on any atom is -0.339 e. The molecule has 132 valence electrons. The maximum absolute atomic E-state index is 12.4. The van der Waals surface area contributed by atoms with E-state index in [1.54, 1.807) is 0 Å². The molecule has 0 unspecified atom stereocenters. The van der Waals surface area contributed by atoms with Crippen LogP contribution in [0.2, 0.25) is 0 Å². The van der Waals surface area contributed by atoms with Gasteiger partial charge in [-0.3, -0.25) is 9.78 Å². The van der Waals surface area contributed by atoms with E-state index in [1.807, 2.05) is 12.3 Å². The molecule has 1 saturated heterocycles. The first kappa shape index (κ1) is 16.5. The third kappa shape index (κ3) is 3.54. The molecule has 25 heavy (non-hydrogen) atoms. The molecule has 1 aromatic carbocycles. The lowest BCUT2D eigenvalue weighted by molar-refractivity contribution is -0.129. The number of fused-ring (bicyclic) bond motifs is 1. The second-order valence-corrected chi connectivity index (χ2v) is 7.74. The molecule has 2 fully saturated rings. The first-order valence-corrected chi connectivity index (χ1v) is 9.51. The van der Waals surface area contributed by atoms with Crippen LogP contribution in [0.1, 0.15) is 37.7 Å². The van der Waals surface area contributed by atoms with Crippen molar-refractivity contribution in [3.05, 3.63) is 42.1 Å². The van der Waals surface area contributed by atoms with E-state index in [0.29, 0.717) is 17.9 Å². The number of amides is 1. The highest BCUT2D eigenvalue weighted by molar-refractivity contribution is 5.81. The molecule has 0 N–H and O–H groups in total. The Morgan fingerprint density at radius 2 is 2.00 bits per heavy atom. The summed E-state index contributed by atoms with van der Waals surface area (Å²) in [6, 6.07) is 10.9. The van der Waals surface area contributed by atoms with E-state index in [4.69, 9.17) is 0 Å². The average molecular weight is 337 g/mol. The fraction of sp³-hybridized carbons (Fsp3) is 0.524. The van der Waals surface area contributed by atoms with Gasteiger partial charge in [-0.1, -0.05) is 31.0 Å². The third-order valence-electron chi connectivity index (χ3n) is 5.75. The van der Waals surface area contributed by atoms with E-state index in [-0.39, 0.29) is 0 Å². The number of hydrogen-bond acceptors (Lipinski definition) is 3. The fourth-order valence-electron chi connectivity index (χ4n) is 4.59. The topological polar surface area (TPSA) is 36.4 Å². The molecule has 1 atom stereocenters. The van der Waals surface area contributed by atoms with Gasteiger partial charge in [0.1, 0.15) is 0 Å². The number of aromatic nitrogens is 1. The molecule has 2 aliphatic rings. The zero-order valence-electron chi connectivity index (χ0n) is 15.0. The van der Waals surface area contributed by atoms with Crippen LogP contribution in [0.4, 0.5) is 0 Å². The van der Waals surface area contributed by atoms with Gasteiger partial charge in [0, 0.05) is 43.7 Å². The van der Waals surface area contributed by atoms with Crippen molar-refractivity contribution in [2.45, 2.75) is 44.7 Å². The van der Waals surface area contributed by atoms with Crippen LogP contribution in [0.3, 0.4) is 0 Å². The Morgan fingerprint density at radius 3 is 2.84 bits per heavy atom. The highest BCUT2D eigenvalue weighted by Crippen LogP contribution is 2.30. The summed E-state index contributed by atoms with van der Waals surface area (Å²) in [6.07, 6.45) is 7.60. The summed E-state index contributed by atoms with van der Waals surface area (Å²) in [5, 5.41) is 1.23. The molecule has 1 aliphatic heterocycles. The average Bonchev–Trinajstić information content (AvgIpc) is 3.25. The maximum atomic E-state index is 12.4. The summed E-state index contributed by atoms with van der Waals surface area (Å²) in [5.74, 6) is 0.839. The molecule has 1 aliphatic carbocycles.